The highest BCUT2D eigenvalue weighted by atomic mass is 16.5. The minimum atomic E-state index is 0.163. The van der Waals surface area contributed by atoms with E-state index in [2.05, 4.69) is 24.4 Å². The first-order valence-electron chi connectivity index (χ1n) is 7.41. The maximum Gasteiger partial charge on any atom is 0.142 e. The van der Waals surface area contributed by atoms with Crippen LogP contribution in [0.2, 0.25) is 0 Å². The molecular formula is C16H26N2O. The number of hydrogen-bond acceptors (Lipinski definition) is 3. The van der Waals surface area contributed by atoms with Gasteiger partial charge in [-0.2, -0.15) is 0 Å². The largest absolute Gasteiger partial charge is 0.489 e. The Morgan fingerprint density at radius 2 is 2.00 bits per heavy atom. The lowest BCUT2D eigenvalue weighted by Crippen LogP contribution is -2.27. The van der Waals surface area contributed by atoms with Gasteiger partial charge in [0.1, 0.15) is 5.75 Å². The molecule has 0 aromatic heterocycles. The van der Waals surface area contributed by atoms with Gasteiger partial charge in [-0.15, -0.1) is 0 Å². The second-order valence-electron chi connectivity index (χ2n) is 5.63. The Morgan fingerprint density at radius 1 is 1.32 bits per heavy atom. The van der Waals surface area contributed by atoms with Crippen LogP contribution in [0, 0.1) is 0 Å². The van der Waals surface area contributed by atoms with E-state index in [4.69, 9.17) is 10.5 Å². The number of nitrogens with two attached hydrogens (primary N) is 1. The fourth-order valence-electron chi connectivity index (χ4n) is 2.83. The second kappa shape index (κ2) is 6.29. The third kappa shape index (κ3) is 3.41. The predicted octanol–water partition coefficient (Wildman–Crippen LogP) is 3.09. The standard InChI is InChI=1S/C16H26N2O/c1-4-12-9-15(17)16(19-11(2)3)10-14(12)13-5-7-18-8-6-13/h9-11,13,18H,4-8,17H2,1-3H3. The van der Waals surface area contributed by atoms with Crippen LogP contribution in [0.15, 0.2) is 12.1 Å². The quantitative estimate of drug-likeness (QED) is 0.820. The zero-order valence-electron chi connectivity index (χ0n) is 12.3. The molecule has 1 aliphatic heterocycles. The summed E-state index contributed by atoms with van der Waals surface area (Å²) in [5.74, 6) is 1.49. The summed E-state index contributed by atoms with van der Waals surface area (Å²) >= 11 is 0. The van der Waals surface area contributed by atoms with Gasteiger partial charge in [0.05, 0.1) is 11.8 Å². The van der Waals surface area contributed by atoms with Crippen molar-refractivity contribution in [2.75, 3.05) is 18.8 Å². The number of piperidine rings is 1. The van der Waals surface area contributed by atoms with Crippen molar-refractivity contribution in [3.63, 3.8) is 0 Å². The Balaban J connectivity index is 2.33. The maximum absolute atomic E-state index is 6.11. The monoisotopic (exact) mass is 262 g/mol. The average Bonchev–Trinajstić information content (AvgIpc) is 2.41. The molecule has 0 spiro atoms. The van der Waals surface area contributed by atoms with Crippen LogP contribution in [0.5, 0.6) is 5.75 Å². The van der Waals surface area contributed by atoms with Crippen molar-refractivity contribution in [3.8, 4) is 5.75 Å². The van der Waals surface area contributed by atoms with Crippen molar-refractivity contribution in [1.82, 2.24) is 5.32 Å². The molecule has 19 heavy (non-hydrogen) atoms. The molecule has 0 saturated carbocycles. The molecule has 1 heterocycles. The molecule has 3 N–H and O–H groups in total. The molecule has 0 radical (unpaired) electrons. The fourth-order valence-corrected chi connectivity index (χ4v) is 2.83. The fraction of sp³-hybridized carbons (Fsp3) is 0.625. The maximum atomic E-state index is 6.11. The Bertz CT molecular complexity index is 423. The molecule has 0 amide bonds. The molecule has 1 aromatic rings. The van der Waals surface area contributed by atoms with Gasteiger partial charge in [0.15, 0.2) is 0 Å². The van der Waals surface area contributed by atoms with Crippen molar-refractivity contribution in [2.24, 2.45) is 0 Å². The first kappa shape index (κ1) is 14.2. The summed E-state index contributed by atoms with van der Waals surface area (Å²) in [6, 6.07) is 4.29. The van der Waals surface area contributed by atoms with Gasteiger partial charge in [-0.1, -0.05) is 6.92 Å². The van der Waals surface area contributed by atoms with Crippen molar-refractivity contribution in [1.29, 1.82) is 0 Å². The van der Waals surface area contributed by atoms with E-state index >= 15 is 0 Å². The number of hydrogen-bond donors (Lipinski definition) is 2. The summed E-state index contributed by atoms with van der Waals surface area (Å²) in [6.07, 6.45) is 3.61. The lowest BCUT2D eigenvalue weighted by molar-refractivity contribution is 0.243. The molecule has 1 saturated heterocycles. The highest BCUT2D eigenvalue weighted by molar-refractivity contribution is 5.58. The summed E-state index contributed by atoms with van der Waals surface area (Å²) in [7, 11) is 0. The van der Waals surface area contributed by atoms with Crippen molar-refractivity contribution in [2.45, 2.75) is 52.1 Å². The zero-order chi connectivity index (χ0) is 13.8. The number of nitrogens with one attached hydrogen (secondary N) is 1. The predicted molar refractivity (Wildman–Crippen MR) is 80.8 cm³/mol. The number of aryl methyl sites for hydroxylation is 1. The minimum absolute atomic E-state index is 0.163. The molecular weight excluding hydrogens is 236 g/mol. The SMILES string of the molecule is CCc1cc(N)c(OC(C)C)cc1C1CCNCC1. The smallest absolute Gasteiger partial charge is 0.142 e. The van der Waals surface area contributed by atoms with Gasteiger partial charge in [-0.25, -0.2) is 0 Å². The number of benzene rings is 1. The molecule has 0 aliphatic carbocycles. The minimum Gasteiger partial charge on any atom is -0.489 e. The van der Waals surface area contributed by atoms with E-state index in [1.165, 1.54) is 24.0 Å². The summed E-state index contributed by atoms with van der Waals surface area (Å²) in [5.41, 5.74) is 9.69. The topological polar surface area (TPSA) is 47.3 Å². The molecule has 1 aliphatic rings. The molecule has 3 heteroatoms. The Hall–Kier alpha value is -1.22. The number of anilines is 1. The number of ether oxygens (including phenoxy) is 1. The molecule has 0 bridgehead atoms. The van der Waals surface area contributed by atoms with E-state index in [1.54, 1.807) is 0 Å². The van der Waals surface area contributed by atoms with E-state index in [-0.39, 0.29) is 6.10 Å². The van der Waals surface area contributed by atoms with Crippen molar-refractivity contribution < 1.29 is 4.74 Å². The summed E-state index contributed by atoms with van der Waals surface area (Å²) in [4.78, 5) is 0. The third-order valence-corrected chi connectivity index (χ3v) is 3.79. The average molecular weight is 262 g/mol. The van der Waals surface area contributed by atoms with Crippen LogP contribution in [-0.4, -0.2) is 19.2 Å². The van der Waals surface area contributed by atoms with Crippen LogP contribution in [0.1, 0.15) is 50.7 Å². The Morgan fingerprint density at radius 3 is 2.58 bits per heavy atom. The van der Waals surface area contributed by atoms with Gasteiger partial charge in [-0.3, -0.25) is 0 Å². The van der Waals surface area contributed by atoms with Crippen LogP contribution in [0.25, 0.3) is 0 Å². The van der Waals surface area contributed by atoms with E-state index in [0.717, 1.165) is 30.9 Å². The normalized spacial score (nSPS) is 16.8. The van der Waals surface area contributed by atoms with Crippen LogP contribution in [0.4, 0.5) is 5.69 Å². The van der Waals surface area contributed by atoms with Gasteiger partial charge >= 0.3 is 0 Å². The summed E-state index contributed by atoms with van der Waals surface area (Å²) in [6.45, 7) is 8.49. The van der Waals surface area contributed by atoms with Gasteiger partial charge < -0.3 is 15.8 Å². The van der Waals surface area contributed by atoms with E-state index < -0.39 is 0 Å². The lowest BCUT2D eigenvalue weighted by Gasteiger charge is -2.26. The summed E-state index contributed by atoms with van der Waals surface area (Å²) < 4.78 is 5.84. The third-order valence-electron chi connectivity index (χ3n) is 3.79. The van der Waals surface area contributed by atoms with E-state index in [1.807, 2.05) is 13.8 Å². The lowest BCUT2D eigenvalue weighted by atomic mass is 9.86. The van der Waals surface area contributed by atoms with E-state index in [9.17, 15) is 0 Å². The van der Waals surface area contributed by atoms with Crippen LogP contribution >= 0.6 is 0 Å². The Kier molecular flexibility index (Phi) is 4.70. The van der Waals surface area contributed by atoms with Crippen LogP contribution in [-0.2, 0) is 6.42 Å². The van der Waals surface area contributed by atoms with Gasteiger partial charge in [0, 0.05) is 0 Å². The molecule has 1 fully saturated rings. The second-order valence-corrected chi connectivity index (χ2v) is 5.63. The van der Waals surface area contributed by atoms with Crippen molar-refractivity contribution >= 4 is 5.69 Å². The Labute approximate surface area is 116 Å². The van der Waals surface area contributed by atoms with Gasteiger partial charge in [0.25, 0.3) is 0 Å². The van der Waals surface area contributed by atoms with Crippen LogP contribution < -0.4 is 15.8 Å². The van der Waals surface area contributed by atoms with Gasteiger partial charge in [-0.05, 0) is 75.4 Å². The molecule has 3 nitrogen and oxygen atoms in total. The van der Waals surface area contributed by atoms with E-state index in [0.29, 0.717) is 5.92 Å². The molecule has 1 aromatic carbocycles. The van der Waals surface area contributed by atoms with Crippen LogP contribution in [0.3, 0.4) is 0 Å². The highest BCUT2D eigenvalue weighted by Crippen LogP contribution is 2.35. The van der Waals surface area contributed by atoms with Gasteiger partial charge in [0.2, 0.25) is 0 Å². The molecule has 0 atom stereocenters. The van der Waals surface area contributed by atoms with Crippen molar-refractivity contribution in [3.05, 3.63) is 23.3 Å². The molecule has 2 rings (SSSR count). The number of rotatable bonds is 4. The molecule has 106 valence electrons. The zero-order valence-corrected chi connectivity index (χ0v) is 12.3. The first-order chi connectivity index (χ1) is 9.11. The number of nitrogen functional groups attached to an aromatic ring is 1. The summed E-state index contributed by atoms with van der Waals surface area (Å²) in [5, 5.41) is 3.42. The highest BCUT2D eigenvalue weighted by Gasteiger charge is 2.20. The first-order valence-corrected chi connectivity index (χ1v) is 7.41. The molecule has 0 unspecified atom stereocenters.